The Morgan fingerprint density at radius 1 is 1.45 bits per heavy atom. The zero-order chi connectivity index (χ0) is 14.3. The predicted octanol–water partition coefficient (Wildman–Crippen LogP) is 4.27. The maximum atomic E-state index is 5.92. The van der Waals surface area contributed by atoms with Crippen molar-refractivity contribution in [2.45, 2.75) is 19.4 Å². The fourth-order valence-electron chi connectivity index (χ4n) is 2.83. The second-order valence-corrected chi connectivity index (χ2v) is 7.21. The van der Waals surface area contributed by atoms with E-state index in [1.54, 1.807) is 0 Å². The first-order valence-electron chi connectivity index (χ1n) is 6.51. The molecule has 0 aliphatic carbocycles. The van der Waals surface area contributed by atoms with Gasteiger partial charge in [-0.15, -0.1) is 11.3 Å². The number of hydrogen-bond acceptors (Lipinski definition) is 3. The Morgan fingerprint density at radius 2 is 2.25 bits per heavy atom. The molecule has 20 heavy (non-hydrogen) atoms. The van der Waals surface area contributed by atoms with Gasteiger partial charge in [-0.3, -0.25) is 0 Å². The van der Waals surface area contributed by atoms with Crippen molar-refractivity contribution in [1.82, 2.24) is 0 Å². The number of anilines is 1. The van der Waals surface area contributed by atoms with E-state index in [1.165, 1.54) is 10.4 Å². The third-order valence-corrected chi connectivity index (χ3v) is 5.69. The van der Waals surface area contributed by atoms with Crippen LogP contribution in [0.5, 0.6) is 0 Å². The Hall–Kier alpha value is -0.910. The fourth-order valence-corrected chi connectivity index (χ4v) is 4.71. The quantitative estimate of drug-likeness (QED) is 0.804. The van der Waals surface area contributed by atoms with Gasteiger partial charge in [0.1, 0.15) is 4.99 Å². The summed E-state index contributed by atoms with van der Waals surface area (Å²) in [5.41, 5.74) is 9.40. The van der Waals surface area contributed by atoms with E-state index in [-0.39, 0.29) is 0 Å². The topological polar surface area (TPSA) is 29.3 Å². The zero-order valence-corrected chi connectivity index (χ0v) is 14.3. The molecule has 1 aliphatic heterocycles. The molecule has 104 valence electrons. The summed E-state index contributed by atoms with van der Waals surface area (Å²) in [5, 5.41) is 2.18. The first-order chi connectivity index (χ1) is 9.59. The van der Waals surface area contributed by atoms with Gasteiger partial charge in [-0.2, -0.15) is 0 Å². The van der Waals surface area contributed by atoms with Crippen LogP contribution in [0.25, 0.3) is 0 Å². The lowest BCUT2D eigenvalue weighted by atomic mass is 9.99. The number of thiocarbonyl (C=S) groups is 1. The number of rotatable bonds is 2. The molecule has 0 fully saturated rings. The summed E-state index contributed by atoms with van der Waals surface area (Å²) in [4.78, 5) is 4.34. The Bertz CT molecular complexity index is 666. The van der Waals surface area contributed by atoms with Gasteiger partial charge < -0.3 is 10.6 Å². The summed E-state index contributed by atoms with van der Waals surface area (Å²) in [5.74, 6) is 0. The van der Waals surface area contributed by atoms with E-state index in [9.17, 15) is 0 Å². The number of thiophene rings is 1. The van der Waals surface area contributed by atoms with Crippen molar-refractivity contribution in [3.8, 4) is 0 Å². The molecule has 0 amide bonds. The highest BCUT2D eigenvalue weighted by Crippen LogP contribution is 2.38. The second-order valence-electron chi connectivity index (χ2n) is 4.92. The number of nitrogens with two attached hydrogens (primary N) is 1. The van der Waals surface area contributed by atoms with Gasteiger partial charge in [0.25, 0.3) is 0 Å². The third kappa shape index (κ3) is 2.28. The van der Waals surface area contributed by atoms with Gasteiger partial charge in [-0.1, -0.05) is 18.3 Å². The average molecular weight is 367 g/mol. The van der Waals surface area contributed by atoms with Gasteiger partial charge in [-0.05, 0) is 58.4 Å². The number of nitrogens with zero attached hydrogens (tertiary/aromatic N) is 1. The van der Waals surface area contributed by atoms with Crippen LogP contribution in [0.3, 0.4) is 0 Å². The molecule has 1 aliphatic rings. The van der Waals surface area contributed by atoms with Crippen LogP contribution < -0.4 is 10.6 Å². The van der Waals surface area contributed by atoms with Crippen molar-refractivity contribution in [3.05, 3.63) is 50.1 Å². The molecule has 3 rings (SSSR count). The lowest BCUT2D eigenvalue weighted by molar-refractivity contribution is 0.632. The molecule has 1 unspecified atom stereocenters. The summed E-state index contributed by atoms with van der Waals surface area (Å²) >= 11 is 10.6. The summed E-state index contributed by atoms with van der Waals surface area (Å²) in [7, 11) is 0. The van der Waals surface area contributed by atoms with Crippen LogP contribution in [-0.4, -0.2) is 11.5 Å². The molecule has 2 aromatic rings. The maximum Gasteiger partial charge on any atom is 0.107 e. The van der Waals surface area contributed by atoms with Crippen molar-refractivity contribution >= 4 is 50.2 Å². The zero-order valence-electron chi connectivity index (χ0n) is 11.1. The molecule has 2 heterocycles. The number of benzene rings is 1. The molecule has 0 radical (unpaired) electrons. The van der Waals surface area contributed by atoms with Crippen LogP contribution in [0, 0.1) is 0 Å². The predicted molar refractivity (Wildman–Crippen MR) is 93.8 cm³/mol. The molecule has 0 spiro atoms. The highest BCUT2D eigenvalue weighted by atomic mass is 79.9. The molecule has 0 bridgehead atoms. The van der Waals surface area contributed by atoms with E-state index in [1.807, 2.05) is 23.5 Å². The van der Waals surface area contributed by atoms with Crippen molar-refractivity contribution in [2.24, 2.45) is 5.73 Å². The van der Waals surface area contributed by atoms with Gasteiger partial charge in [0.2, 0.25) is 0 Å². The lowest BCUT2D eigenvalue weighted by Gasteiger charge is -2.37. The minimum atomic E-state index is 0.354. The second kappa shape index (κ2) is 5.47. The van der Waals surface area contributed by atoms with Crippen molar-refractivity contribution in [2.75, 3.05) is 11.4 Å². The number of fused-ring (bicyclic) bond motifs is 1. The summed E-state index contributed by atoms with van der Waals surface area (Å²) in [6, 6.07) is 8.72. The summed E-state index contributed by atoms with van der Waals surface area (Å²) in [6.07, 6.45) is 1.08. The molecule has 5 heteroatoms. The lowest BCUT2D eigenvalue weighted by Crippen LogP contribution is -2.34. The van der Waals surface area contributed by atoms with Gasteiger partial charge in [0.15, 0.2) is 0 Å². The van der Waals surface area contributed by atoms with Crippen LogP contribution in [0.1, 0.15) is 29.0 Å². The van der Waals surface area contributed by atoms with Crippen molar-refractivity contribution in [3.63, 3.8) is 0 Å². The largest absolute Gasteiger partial charge is 0.389 e. The van der Waals surface area contributed by atoms with Gasteiger partial charge in [0, 0.05) is 27.1 Å². The van der Waals surface area contributed by atoms with Crippen LogP contribution in [-0.2, 0) is 6.42 Å². The number of halogens is 1. The Balaban J connectivity index is 2.07. The third-order valence-electron chi connectivity index (χ3n) is 3.82. The average Bonchev–Trinajstić information content (AvgIpc) is 2.87. The van der Waals surface area contributed by atoms with Crippen LogP contribution >= 0.6 is 39.5 Å². The minimum absolute atomic E-state index is 0.354. The van der Waals surface area contributed by atoms with E-state index in [0.29, 0.717) is 11.0 Å². The van der Waals surface area contributed by atoms with Gasteiger partial charge in [-0.25, -0.2) is 0 Å². The first-order valence-corrected chi connectivity index (χ1v) is 8.59. The van der Waals surface area contributed by atoms with E-state index in [2.05, 4.69) is 45.3 Å². The number of hydrogen-bond donors (Lipinski definition) is 1. The molecule has 2 nitrogen and oxygen atoms in total. The molecular weight excluding hydrogens is 352 g/mol. The van der Waals surface area contributed by atoms with E-state index in [4.69, 9.17) is 18.0 Å². The molecule has 0 saturated heterocycles. The van der Waals surface area contributed by atoms with Crippen LogP contribution in [0.4, 0.5) is 5.69 Å². The van der Waals surface area contributed by atoms with Gasteiger partial charge >= 0.3 is 0 Å². The highest BCUT2D eigenvalue weighted by molar-refractivity contribution is 9.10. The Kier molecular flexibility index (Phi) is 3.84. The molecule has 1 aromatic heterocycles. The van der Waals surface area contributed by atoms with E-state index in [0.717, 1.165) is 28.7 Å². The molecule has 2 N–H and O–H groups in total. The molecule has 1 atom stereocenters. The summed E-state index contributed by atoms with van der Waals surface area (Å²) in [6.45, 7) is 3.25. The molecule has 1 aromatic carbocycles. The standard InChI is InChI=1S/C15H15BrN2S2/c1-9-10-6-8-20-13(10)5-7-18(9)12-4-2-3-11(16)14(12)15(17)19/h2-4,6,8-9H,5,7H2,1H3,(H2,17,19). The molecule has 0 saturated carbocycles. The smallest absolute Gasteiger partial charge is 0.107 e. The normalized spacial score (nSPS) is 17.9. The van der Waals surface area contributed by atoms with Crippen LogP contribution in [0.2, 0.25) is 0 Å². The summed E-state index contributed by atoms with van der Waals surface area (Å²) < 4.78 is 0.964. The van der Waals surface area contributed by atoms with Crippen molar-refractivity contribution in [1.29, 1.82) is 0 Å². The van der Waals surface area contributed by atoms with E-state index < -0.39 is 0 Å². The Morgan fingerprint density at radius 3 is 3.00 bits per heavy atom. The highest BCUT2D eigenvalue weighted by Gasteiger charge is 2.27. The van der Waals surface area contributed by atoms with Crippen molar-refractivity contribution < 1.29 is 0 Å². The Labute approximate surface area is 136 Å². The maximum absolute atomic E-state index is 5.92. The first kappa shape index (κ1) is 14.0. The monoisotopic (exact) mass is 366 g/mol. The van der Waals surface area contributed by atoms with Gasteiger partial charge in [0.05, 0.1) is 6.04 Å². The van der Waals surface area contributed by atoms with Crippen LogP contribution in [0.15, 0.2) is 34.1 Å². The SMILES string of the molecule is CC1c2ccsc2CCN1c1cccc(Br)c1C(N)=S. The minimum Gasteiger partial charge on any atom is -0.389 e. The molecular formula is C15H15BrN2S2. The van der Waals surface area contributed by atoms with E-state index >= 15 is 0 Å². The fraction of sp³-hybridized carbons (Fsp3) is 0.267.